The number of hydrogen-bond acceptors (Lipinski definition) is 5. The minimum Gasteiger partial charge on any atom is -0.494 e. The molecule has 0 fully saturated rings. The number of rotatable bonds is 9. The summed E-state index contributed by atoms with van der Waals surface area (Å²) in [5.41, 5.74) is 2.51. The lowest BCUT2D eigenvalue weighted by Gasteiger charge is -2.22. The van der Waals surface area contributed by atoms with Gasteiger partial charge in [-0.3, -0.25) is 19.8 Å². The van der Waals surface area contributed by atoms with Crippen molar-refractivity contribution < 1.29 is 14.5 Å². The second-order valence-corrected chi connectivity index (χ2v) is 6.81. The summed E-state index contributed by atoms with van der Waals surface area (Å²) in [6, 6.07) is 24.0. The maximum atomic E-state index is 12.7. The van der Waals surface area contributed by atoms with Gasteiger partial charge in [-0.15, -0.1) is 0 Å². The van der Waals surface area contributed by atoms with Crippen LogP contribution in [0.1, 0.15) is 11.1 Å². The van der Waals surface area contributed by atoms with E-state index in [1.165, 1.54) is 25.3 Å². The minimum absolute atomic E-state index is 0.0976. The number of benzene rings is 3. The molecule has 3 rings (SSSR count). The maximum Gasteiger partial charge on any atom is 0.273 e. The van der Waals surface area contributed by atoms with Crippen LogP contribution < -0.4 is 10.1 Å². The highest BCUT2D eigenvalue weighted by Crippen LogP contribution is 2.29. The zero-order valence-electron chi connectivity index (χ0n) is 16.7. The zero-order valence-corrected chi connectivity index (χ0v) is 16.7. The number of ether oxygens (including phenoxy) is 1. The van der Waals surface area contributed by atoms with Crippen molar-refractivity contribution in [2.24, 2.45) is 0 Å². The molecular formula is C23H23N3O4. The van der Waals surface area contributed by atoms with E-state index in [-0.39, 0.29) is 23.9 Å². The van der Waals surface area contributed by atoms with E-state index in [2.05, 4.69) is 5.32 Å². The van der Waals surface area contributed by atoms with Gasteiger partial charge in [0.15, 0.2) is 0 Å². The highest BCUT2D eigenvalue weighted by molar-refractivity contribution is 5.93. The van der Waals surface area contributed by atoms with Crippen LogP contribution in [-0.4, -0.2) is 29.4 Å². The van der Waals surface area contributed by atoms with Gasteiger partial charge in [-0.25, -0.2) is 0 Å². The molecule has 0 aromatic heterocycles. The van der Waals surface area contributed by atoms with Crippen LogP contribution in [-0.2, 0) is 17.9 Å². The predicted molar refractivity (Wildman–Crippen MR) is 115 cm³/mol. The van der Waals surface area contributed by atoms with Crippen LogP contribution >= 0.6 is 0 Å². The first kappa shape index (κ1) is 21.0. The van der Waals surface area contributed by atoms with Crippen molar-refractivity contribution in [3.63, 3.8) is 0 Å². The fraction of sp³-hybridized carbons (Fsp3) is 0.174. The van der Waals surface area contributed by atoms with Crippen molar-refractivity contribution in [3.05, 3.63) is 100 Å². The molecule has 0 heterocycles. The number of nitro groups is 1. The number of non-ortho nitro benzene ring substituents is 1. The molecule has 7 nitrogen and oxygen atoms in total. The number of methoxy groups -OCH3 is 1. The van der Waals surface area contributed by atoms with Gasteiger partial charge in [-0.05, 0) is 17.2 Å². The van der Waals surface area contributed by atoms with E-state index >= 15 is 0 Å². The topological polar surface area (TPSA) is 84.7 Å². The SMILES string of the molecule is COc1cc([N+](=O)[O-])ccc1NC(=O)CN(Cc1ccccc1)Cc1ccccc1. The summed E-state index contributed by atoms with van der Waals surface area (Å²) in [4.78, 5) is 25.2. The fourth-order valence-corrected chi connectivity index (χ4v) is 3.14. The molecule has 1 N–H and O–H groups in total. The lowest BCUT2D eigenvalue weighted by atomic mass is 10.1. The summed E-state index contributed by atoms with van der Waals surface area (Å²) >= 11 is 0. The summed E-state index contributed by atoms with van der Waals surface area (Å²) in [6.45, 7) is 1.38. The molecule has 0 unspecified atom stereocenters. The Bertz CT molecular complexity index is 952. The van der Waals surface area contributed by atoms with Gasteiger partial charge in [-0.2, -0.15) is 0 Å². The van der Waals surface area contributed by atoms with Crippen LogP contribution in [0.5, 0.6) is 5.75 Å². The normalized spacial score (nSPS) is 10.6. The van der Waals surface area contributed by atoms with E-state index < -0.39 is 4.92 Å². The molecule has 30 heavy (non-hydrogen) atoms. The van der Waals surface area contributed by atoms with Crippen LogP contribution in [0.25, 0.3) is 0 Å². The molecule has 0 saturated heterocycles. The van der Waals surface area contributed by atoms with Crippen LogP contribution in [0.4, 0.5) is 11.4 Å². The molecular weight excluding hydrogens is 382 g/mol. The molecule has 0 aliphatic heterocycles. The molecule has 0 aliphatic carbocycles. The van der Waals surface area contributed by atoms with Crippen molar-refractivity contribution in [2.45, 2.75) is 13.1 Å². The van der Waals surface area contributed by atoms with Crippen molar-refractivity contribution in [3.8, 4) is 5.75 Å². The number of nitro benzene ring substituents is 1. The van der Waals surface area contributed by atoms with E-state index in [1.54, 1.807) is 0 Å². The molecule has 7 heteroatoms. The fourth-order valence-electron chi connectivity index (χ4n) is 3.14. The highest BCUT2D eigenvalue weighted by Gasteiger charge is 2.16. The van der Waals surface area contributed by atoms with E-state index in [4.69, 9.17) is 4.74 Å². The Morgan fingerprint density at radius 2 is 1.53 bits per heavy atom. The van der Waals surface area contributed by atoms with Gasteiger partial charge in [0.1, 0.15) is 5.75 Å². The van der Waals surface area contributed by atoms with Gasteiger partial charge in [-0.1, -0.05) is 60.7 Å². The number of carbonyl (C=O) groups excluding carboxylic acids is 1. The third kappa shape index (κ3) is 5.89. The number of nitrogens with zero attached hydrogens (tertiary/aromatic N) is 2. The Kier molecular flexibility index (Phi) is 7.13. The Labute approximate surface area is 175 Å². The number of nitrogens with one attached hydrogen (secondary N) is 1. The molecule has 0 radical (unpaired) electrons. The summed E-state index contributed by atoms with van der Waals surface area (Å²) in [7, 11) is 1.41. The number of amides is 1. The Morgan fingerprint density at radius 3 is 2.03 bits per heavy atom. The maximum absolute atomic E-state index is 12.7. The Balaban J connectivity index is 1.73. The monoisotopic (exact) mass is 405 g/mol. The van der Waals surface area contributed by atoms with Crippen LogP contribution in [0.15, 0.2) is 78.9 Å². The minimum atomic E-state index is -0.504. The van der Waals surface area contributed by atoms with Gasteiger partial charge >= 0.3 is 0 Å². The average Bonchev–Trinajstić information content (AvgIpc) is 2.75. The molecule has 0 saturated carbocycles. The number of hydrogen-bond donors (Lipinski definition) is 1. The van der Waals surface area contributed by atoms with E-state index in [0.29, 0.717) is 18.8 Å². The predicted octanol–water partition coefficient (Wildman–Crippen LogP) is 4.24. The van der Waals surface area contributed by atoms with Crippen molar-refractivity contribution in [2.75, 3.05) is 19.0 Å². The van der Waals surface area contributed by atoms with Crippen molar-refractivity contribution >= 4 is 17.3 Å². The van der Waals surface area contributed by atoms with Crippen LogP contribution in [0.2, 0.25) is 0 Å². The van der Waals surface area contributed by atoms with Crippen molar-refractivity contribution in [1.29, 1.82) is 0 Å². The highest BCUT2D eigenvalue weighted by atomic mass is 16.6. The van der Waals surface area contributed by atoms with Gasteiger partial charge in [0.25, 0.3) is 5.69 Å². The third-order valence-electron chi connectivity index (χ3n) is 4.54. The third-order valence-corrected chi connectivity index (χ3v) is 4.54. The molecule has 0 bridgehead atoms. The first-order valence-corrected chi connectivity index (χ1v) is 9.47. The Morgan fingerprint density at radius 1 is 0.967 bits per heavy atom. The van der Waals surface area contributed by atoms with Gasteiger partial charge in [0, 0.05) is 19.2 Å². The molecule has 1 amide bonds. The lowest BCUT2D eigenvalue weighted by molar-refractivity contribution is -0.384. The van der Waals surface area contributed by atoms with E-state index in [1.807, 2.05) is 65.6 Å². The van der Waals surface area contributed by atoms with E-state index in [9.17, 15) is 14.9 Å². The van der Waals surface area contributed by atoms with Crippen molar-refractivity contribution in [1.82, 2.24) is 4.90 Å². The van der Waals surface area contributed by atoms with Gasteiger partial charge in [0.05, 0.1) is 30.3 Å². The number of carbonyl (C=O) groups is 1. The first-order chi connectivity index (χ1) is 14.5. The largest absolute Gasteiger partial charge is 0.494 e. The lowest BCUT2D eigenvalue weighted by Crippen LogP contribution is -2.32. The smallest absolute Gasteiger partial charge is 0.273 e. The quantitative estimate of drug-likeness (QED) is 0.425. The molecule has 0 atom stereocenters. The molecule has 0 aliphatic rings. The first-order valence-electron chi connectivity index (χ1n) is 9.47. The molecule has 3 aromatic carbocycles. The summed E-state index contributed by atoms with van der Waals surface area (Å²) in [5.74, 6) is 0.0178. The second kappa shape index (κ2) is 10.2. The van der Waals surface area contributed by atoms with Gasteiger partial charge < -0.3 is 10.1 Å². The summed E-state index contributed by atoms with van der Waals surface area (Å²) < 4.78 is 5.20. The standard InChI is InChI=1S/C23H23N3O4/c1-30-22-14-20(26(28)29)12-13-21(22)24-23(27)17-25(15-18-8-4-2-5-9-18)16-19-10-6-3-7-11-19/h2-14H,15-17H2,1H3,(H,24,27). The number of anilines is 1. The molecule has 3 aromatic rings. The van der Waals surface area contributed by atoms with Crippen LogP contribution in [0, 0.1) is 10.1 Å². The molecule has 154 valence electrons. The zero-order chi connectivity index (χ0) is 21.3. The summed E-state index contributed by atoms with van der Waals surface area (Å²) in [6.07, 6.45) is 0. The molecule has 0 spiro atoms. The average molecular weight is 405 g/mol. The van der Waals surface area contributed by atoms with Gasteiger partial charge in [0.2, 0.25) is 5.91 Å². The summed E-state index contributed by atoms with van der Waals surface area (Å²) in [5, 5.41) is 13.8. The van der Waals surface area contributed by atoms with Crippen LogP contribution in [0.3, 0.4) is 0 Å². The van der Waals surface area contributed by atoms with E-state index in [0.717, 1.165) is 11.1 Å². The Hall–Kier alpha value is -3.71. The second-order valence-electron chi connectivity index (χ2n) is 6.81.